The average molecular weight is 296 g/mol. The van der Waals surface area contributed by atoms with Crippen LogP contribution in [0, 0.1) is 13.8 Å². The molecule has 6 heteroatoms. The third-order valence-corrected chi connectivity index (χ3v) is 2.77. The maximum absolute atomic E-state index is 11.8. The Hall–Kier alpha value is -1.69. The largest absolute Gasteiger partial charge is 0.338 e. The van der Waals surface area contributed by atoms with Crippen molar-refractivity contribution in [2.24, 2.45) is 0 Å². The topological polar surface area (TPSA) is 68.0 Å². The first-order valence-corrected chi connectivity index (χ1v) is 5.74. The molecule has 0 unspecified atom stereocenters. The van der Waals surface area contributed by atoms with Crippen LogP contribution < -0.4 is 5.32 Å². The van der Waals surface area contributed by atoms with Gasteiger partial charge in [0, 0.05) is 5.56 Å². The third kappa shape index (κ3) is 2.52. The Kier molecular flexibility index (Phi) is 3.23. The van der Waals surface area contributed by atoms with Gasteiger partial charge in [-0.2, -0.15) is 0 Å². The van der Waals surface area contributed by atoms with E-state index in [4.69, 9.17) is 4.52 Å². The van der Waals surface area contributed by atoms with Gasteiger partial charge >= 0.3 is 0 Å². The molecule has 0 aromatic carbocycles. The summed E-state index contributed by atoms with van der Waals surface area (Å²) >= 11 is 3.21. The monoisotopic (exact) mass is 295 g/mol. The molecule has 2 aromatic heterocycles. The number of rotatable bonds is 2. The molecule has 0 atom stereocenters. The van der Waals surface area contributed by atoms with Gasteiger partial charge in [-0.15, -0.1) is 0 Å². The quantitative estimate of drug-likeness (QED) is 0.865. The van der Waals surface area contributed by atoms with E-state index in [9.17, 15) is 4.79 Å². The minimum atomic E-state index is -0.328. The van der Waals surface area contributed by atoms with Gasteiger partial charge < -0.3 is 4.52 Å². The summed E-state index contributed by atoms with van der Waals surface area (Å²) in [6.45, 7) is 3.64. The van der Waals surface area contributed by atoms with E-state index in [-0.39, 0.29) is 5.91 Å². The fraction of sp³-hybridized carbons (Fsp3) is 0.182. The van der Waals surface area contributed by atoms with Crippen molar-refractivity contribution in [1.82, 2.24) is 10.1 Å². The molecule has 1 N–H and O–H groups in total. The molecule has 0 aliphatic heterocycles. The maximum Gasteiger partial charge on any atom is 0.276 e. The molecule has 0 saturated carbocycles. The van der Waals surface area contributed by atoms with Crippen molar-refractivity contribution in [3.8, 4) is 0 Å². The number of anilines is 1. The highest BCUT2D eigenvalue weighted by molar-refractivity contribution is 9.10. The number of pyridine rings is 1. The minimum Gasteiger partial charge on any atom is -0.338 e. The summed E-state index contributed by atoms with van der Waals surface area (Å²) < 4.78 is 5.60. The molecule has 0 radical (unpaired) electrons. The van der Waals surface area contributed by atoms with Crippen LogP contribution in [-0.4, -0.2) is 16.0 Å². The fourth-order valence-corrected chi connectivity index (χ4v) is 1.58. The molecule has 0 spiro atoms. The molecule has 1 amide bonds. The molecule has 0 aliphatic rings. The van der Waals surface area contributed by atoms with Crippen LogP contribution in [0.4, 0.5) is 5.88 Å². The fourth-order valence-electron chi connectivity index (χ4n) is 1.23. The van der Waals surface area contributed by atoms with Crippen molar-refractivity contribution in [1.29, 1.82) is 0 Å². The summed E-state index contributed by atoms with van der Waals surface area (Å²) in [5, 5.41) is 6.38. The van der Waals surface area contributed by atoms with Gasteiger partial charge in [0.25, 0.3) is 5.91 Å². The van der Waals surface area contributed by atoms with Gasteiger partial charge in [0.15, 0.2) is 0 Å². The molecule has 0 aliphatic carbocycles. The van der Waals surface area contributed by atoms with Crippen LogP contribution in [0.5, 0.6) is 0 Å². The first kappa shape index (κ1) is 11.8. The smallest absolute Gasteiger partial charge is 0.276 e. The molecule has 88 valence electrons. The highest BCUT2D eigenvalue weighted by Crippen LogP contribution is 2.18. The van der Waals surface area contributed by atoms with Crippen molar-refractivity contribution in [3.63, 3.8) is 0 Å². The first-order valence-electron chi connectivity index (χ1n) is 4.94. The summed E-state index contributed by atoms with van der Waals surface area (Å²) in [4.78, 5) is 15.9. The Bertz CT molecular complexity index is 566. The first-order chi connectivity index (χ1) is 8.08. The second-order valence-corrected chi connectivity index (χ2v) is 4.33. The average Bonchev–Trinajstić information content (AvgIpc) is 2.61. The zero-order chi connectivity index (χ0) is 12.4. The van der Waals surface area contributed by atoms with E-state index in [2.05, 4.69) is 31.4 Å². The molecule has 0 bridgehead atoms. The Morgan fingerprint density at radius 2 is 2.18 bits per heavy atom. The summed E-state index contributed by atoms with van der Waals surface area (Å²) in [6, 6.07) is 5.11. The van der Waals surface area contributed by atoms with Crippen molar-refractivity contribution in [3.05, 3.63) is 39.8 Å². The molecule has 5 nitrogen and oxygen atoms in total. The standard InChI is InChI=1S/C11H10BrN3O2/c1-6-7(2)15-17-11(6)14-10(16)8-4-3-5-9(12)13-8/h3-5H,1-2H3,(H,14,16). The van der Waals surface area contributed by atoms with Gasteiger partial charge in [0.1, 0.15) is 10.3 Å². The highest BCUT2D eigenvalue weighted by atomic mass is 79.9. The van der Waals surface area contributed by atoms with Crippen LogP contribution in [0.25, 0.3) is 0 Å². The lowest BCUT2D eigenvalue weighted by Gasteiger charge is -2.01. The molecular formula is C11H10BrN3O2. The zero-order valence-corrected chi connectivity index (χ0v) is 10.9. The van der Waals surface area contributed by atoms with Crippen LogP contribution in [0.1, 0.15) is 21.7 Å². The van der Waals surface area contributed by atoms with Crippen molar-refractivity contribution < 1.29 is 9.32 Å². The predicted octanol–water partition coefficient (Wildman–Crippen LogP) is 2.70. The molecular weight excluding hydrogens is 286 g/mol. The van der Waals surface area contributed by atoms with E-state index in [1.54, 1.807) is 18.2 Å². The maximum atomic E-state index is 11.8. The van der Waals surface area contributed by atoms with Crippen LogP contribution >= 0.6 is 15.9 Å². The summed E-state index contributed by atoms with van der Waals surface area (Å²) in [6.07, 6.45) is 0. The van der Waals surface area contributed by atoms with E-state index in [0.29, 0.717) is 16.2 Å². The lowest BCUT2D eigenvalue weighted by molar-refractivity contribution is 0.101. The summed E-state index contributed by atoms with van der Waals surface area (Å²) in [5.41, 5.74) is 1.88. The van der Waals surface area contributed by atoms with Gasteiger partial charge in [0.2, 0.25) is 5.88 Å². The second kappa shape index (κ2) is 4.67. The lowest BCUT2D eigenvalue weighted by Crippen LogP contribution is -2.13. The van der Waals surface area contributed by atoms with E-state index in [1.165, 1.54) is 0 Å². The van der Waals surface area contributed by atoms with Gasteiger partial charge in [0.05, 0.1) is 5.69 Å². The number of aryl methyl sites for hydroxylation is 1. The SMILES string of the molecule is Cc1noc(NC(=O)c2cccc(Br)n2)c1C. The Labute approximate surface area is 106 Å². The van der Waals surface area contributed by atoms with Gasteiger partial charge in [-0.1, -0.05) is 11.2 Å². The molecule has 2 rings (SSSR count). The predicted molar refractivity (Wildman–Crippen MR) is 65.9 cm³/mol. The molecule has 2 aromatic rings. The third-order valence-electron chi connectivity index (χ3n) is 2.33. The van der Waals surface area contributed by atoms with Crippen LogP contribution in [0.3, 0.4) is 0 Å². The van der Waals surface area contributed by atoms with Crippen molar-refractivity contribution >= 4 is 27.7 Å². The normalized spacial score (nSPS) is 10.3. The Balaban J connectivity index is 2.20. The van der Waals surface area contributed by atoms with Gasteiger partial charge in [-0.3, -0.25) is 10.1 Å². The second-order valence-electron chi connectivity index (χ2n) is 3.52. The van der Waals surface area contributed by atoms with Gasteiger partial charge in [-0.25, -0.2) is 4.98 Å². The van der Waals surface area contributed by atoms with Crippen LogP contribution in [0.15, 0.2) is 27.3 Å². The number of halogens is 1. The summed E-state index contributed by atoms with van der Waals surface area (Å²) in [7, 11) is 0. The minimum absolute atomic E-state index is 0.313. The number of aromatic nitrogens is 2. The molecule has 0 saturated heterocycles. The van der Waals surface area contributed by atoms with E-state index in [1.807, 2.05) is 13.8 Å². The molecule has 17 heavy (non-hydrogen) atoms. The van der Waals surface area contributed by atoms with E-state index >= 15 is 0 Å². The number of carbonyl (C=O) groups is 1. The van der Waals surface area contributed by atoms with Crippen LogP contribution in [0.2, 0.25) is 0 Å². The number of nitrogens with one attached hydrogen (secondary N) is 1. The van der Waals surface area contributed by atoms with Crippen LogP contribution in [-0.2, 0) is 0 Å². The lowest BCUT2D eigenvalue weighted by atomic mass is 10.3. The van der Waals surface area contributed by atoms with E-state index < -0.39 is 0 Å². The Morgan fingerprint density at radius 1 is 1.41 bits per heavy atom. The molecule has 0 fully saturated rings. The van der Waals surface area contributed by atoms with Crippen molar-refractivity contribution in [2.75, 3.05) is 5.32 Å². The number of hydrogen-bond donors (Lipinski definition) is 1. The highest BCUT2D eigenvalue weighted by Gasteiger charge is 2.14. The van der Waals surface area contributed by atoms with Gasteiger partial charge in [-0.05, 0) is 41.9 Å². The zero-order valence-electron chi connectivity index (χ0n) is 9.32. The van der Waals surface area contributed by atoms with Crippen molar-refractivity contribution in [2.45, 2.75) is 13.8 Å². The number of amides is 1. The number of hydrogen-bond acceptors (Lipinski definition) is 4. The Morgan fingerprint density at radius 3 is 2.76 bits per heavy atom. The molecule has 2 heterocycles. The number of carbonyl (C=O) groups excluding carboxylic acids is 1. The van der Waals surface area contributed by atoms with E-state index in [0.717, 1.165) is 11.3 Å². The number of nitrogens with zero attached hydrogens (tertiary/aromatic N) is 2. The summed E-state index contributed by atoms with van der Waals surface area (Å²) in [5.74, 6) is 0.0276.